The molecule has 7 heteroatoms. The van der Waals surface area contributed by atoms with Gasteiger partial charge in [-0.2, -0.15) is 0 Å². The molecule has 0 heterocycles. The summed E-state index contributed by atoms with van der Waals surface area (Å²) in [6.45, 7) is 15.9. The third-order valence-electron chi connectivity index (χ3n) is 6.85. The van der Waals surface area contributed by atoms with Crippen LogP contribution in [0, 0.1) is 5.92 Å². The number of unbranched alkanes of at least 4 members (excludes halogenated alkanes) is 1. The normalized spacial score (nSPS) is 21.2. The average molecular weight is 504 g/mol. The van der Waals surface area contributed by atoms with Gasteiger partial charge in [0.05, 0.1) is 5.60 Å². The maximum atomic E-state index is 12.8. The number of carbonyl (C=O) groups excluding carboxylic acids is 1. The summed E-state index contributed by atoms with van der Waals surface area (Å²) in [5.41, 5.74) is 3.21. The average Bonchev–Trinajstić information content (AvgIpc) is 2.88. The first-order valence-corrected chi connectivity index (χ1v) is 13.6. The van der Waals surface area contributed by atoms with Crippen molar-refractivity contribution in [3.8, 4) is 11.5 Å². The van der Waals surface area contributed by atoms with Crippen molar-refractivity contribution in [1.82, 2.24) is 15.8 Å². The number of aryl methyl sites for hydroxylation is 1. The molecule has 7 nitrogen and oxygen atoms in total. The van der Waals surface area contributed by atoms with E-state index in [-0.39, 0.29) is 35.8 Å². The third-order valence-corrected chi connectivity index (χ3v) is 6.85. The van der Waals surface area contributed by atoms with Gasteiger partial charge in [-0.3, -0.25) is 9.80 Å². The smallest absolute Gasteiger partial charge is 0.240 e. The van der Waals surface area contributed by atoms with E-state index in [0.29, 0.717) is 38.6 Å². The summed E-state index contributed by atoms with van der Waals surface area (Å²) >= 11 is 0. The second-order valence-electron chi connectivity index (χ2n) is 9.35. The van der Waals surface area contributed by atoms with Crippen molar-refractivity contribution < 1.29 is 20.1 Å². The van der Waals surface area contributed by atoms with Crippen molar-refractivity contribution >= 4 is 5.91 Å². The van der Waals surface area contributed by atoms with Gasteiger partial charge >= 0.3 is 0 Å². The fourth-order valence-corrected chi connectivity index (χ4v) is 4.83. The van der Waals surface area contributed by atoms with E-state index in [1.807, 2.05) is 13.8 Å². The minimum absolute atomic E-state index is 0.00830. The van der Waals surface area contributed by atoms with Crippen molar-refractivity contribution in [1.29, 1.82) is 0 Å². The second kappa shape index (κ2) is 17.2. The molecule has 36 heavy (non-hydrogen) atoms. The molecule has 3 atom stereocenters. The topological polar surface area (TPSA) is 105 Å². The lowest BCUT2D eigenvalue weighted by Gasteiger charge is -2.46. The molecule has 0 spiro atoms. The van der Waals surface area contributed by atoms with E-state index in [1.165, 1.54) is 6.07 Å². The van der Waals surface area contributed by atoms with Gasteiger partial charge < -0.3 is 20.6 Å². The minimum Gasteiger partial charge on any atom is -0.504 e. The van der Waals surface area contributed by atoms with Crippen LogP contribution in [-0.4, -0.2) is 57.5 Å². The quantitative estimate of drug-likeness (QED) is 0.102. The summed E-state index contributed by atoms with van der Waals surface area (Å²) in [4.78, 5) is 12.8. The Morgan fingerprint density at radius 3 is 2.58 bits per heavy atom. The molecule has 3 unspecified atom stereocenters. The summed E-state index contributed by atoms with van der Waals surface area (Å²) in [5.74, 6) is -0.285. The highest BCUT2D eigenvalue weighted by Crippen LogP contribution is 2.41. The number of phenolic OH excluding ortho intramolecular Hbond substituents is 2. The molecule has 0 saturated heterocycles. The van der Waals surface area contributed by atoms with Gasteiger partial charge in [-0.15, -0.1) is 13.2 Å². The third kappa shape index (κ3) is 9.96. The van der Waals surface area contributed by atoms with Crippen LogP contribution >= 0.6 is 0 Å². The molecule has 1 aromatic carbocycles. The summed E-state index contributed by atoms with van der Waals surface area (Å²) in [6.07, 6.45) is 9.85. The van der Waals surface area contributed by atoms with Crippen LogP contribution in [-0.2, 0) is 11.2 Å². The van der Waals surface area contributed by atoms with Crippen LogP contribution in [0.3, 0.4) is 0 Å². The molecule has 2 rings (SSSR count). The summed E-state index contributed by atoms with van der Waals surface area (Å²) in [7, 11) is 0. The Labute approximate surface area is 218 Å². The summed E-state index contributed by atoms with van der Waals surface area (Å²) in [6, 6.07) is 4.81. The molecule has 204 valence electrons. The number of hydrogen-bond acceptors (Lipinski definition) is 6. The zero-order valence-corrected chi connectivity index (χ0v) is 22.6. The van der Waals surface area contributed by atoms with Crippen LogP contribution in [0.15, 0.2) is 43.5 Å². The number of amides is 1. The van der Waals surface area contributed by atoms with Crippen LogP contribution in [0.2, 0.25) is 0 Å². The molecular weight excluding hydrogens is 454 g/mol. The Morgan fingerprint density at radius 2 is 1.94 bits per heavy atom. The first kappa shape index (κ1) is 31.7. The van der Waals surface area contributed by atoms with E-state index in [0.717, 1.165) is 37.9 Å². The molecular formula is C29H49N3O4. The number of carbonyl (C=O) groups is 1. The van der Waals surface area contributed by atoms with E-state index in [1.54, 1.807) is 29.3 Å². The van der Waals surface area contributed by atoms with E-state index < -0.39 is 5.60 Å². The van der Waals surface area contributed by atoms with Gasteiger partial charge in [-0.05, 0) is 81.6 Å². The minimum atomic E-state index is -0.859. The highest BCUT2D eigenvalue weighted by Gasteiger charge is 2.43. The maximum Gasteiger partial charge on any atom is 0.240 e. The SMILES string of the molecule is C=CCNN(C(=O)CC=C)C1CCC(O)(CCc2ccc(O)c(O)c2)C(CCNCCCC)C1.CC. The Morgan fingerprint density at radius 1 is 1.19 bits per heavy atom. The number of benzene rings is 1. The molecule has 1 aromatic rings. The Kier molecular flexibility index (Phi) is 15.1. The number of nitrogens with zero attached hydrogens (tertiary/aromatic N) is 1. The predicted molar refractivity (Wildman–Crippen MR) is 148 cm³/mol. The lowest BCUT2D eigenvalue weighted by atomic mass is 9.69. The van der Waals surface area contributed by atoms with Gasteiger partial charge in [-0.1, -0.05) is 45.4 Å². The fraction of sp³-hybridized carbons (Fsp3) is 0.621. The summed E-state index contributed by atoms with van der Waals surface area (Å²) in [5, 5.41) is 36.4. The molecule has 0 aromatic heterocycles. The second-order valence-corrected chi connectivity index (χ2v) is 9.35. The Bertz CT molecular complexity index is 801. The molecule has 0 bridgehead atoms. The Hall–Kier alpha value is -2.35. The number of phenols is 2. The lowest BCUT2D eigenvalue weighted by molar-refractivity contribution is -0.142. The monoisotopic (exact) mass is 503 g/mol. The van der Waals surface area contributed by atoms with Gasteiger partial charge in [0.15, 0.2) is 11.5 Å². The van der Waals surface area contributed by atoms with Crippen molar-refractivity contribution in [2.24, 2.45) is 5.92 Å². The molecule has 1 saturated carbocycles. The highest BCUT2D eigenvalue weighted by atomic mass is 16.3. The molecule has 5 N–H and O–H groups in total. The van der Waals surface area contributed by atoms with Gasteiger partial charge in [0.2, 0.25) is 5.91 Å². The number of aromatic hydroxyl groups is 2. The van der Waals surface area contributed by atoms with E-state index in [2.05, 4.69) is 30.8 Å². The van der Waals surface area contributed by atoms with Crippen LogP contribution in [0.5, 0.6) is 11.5 Å². The van der Waals surface area contributed by atoms with Crippen molar-refractivity contribution in [3.63, 3.8) is 0 Å². The molecule has 1 fully saturated rings. The van der Waals surface area contributed by atoms with E-state index >= 15 is 0 Å². The van der Waals surface area contributed by atoms with Crippen molar-refractivity contribution in [2.45, 2.75) is 90.2 Å². The van der Waals surface area contributed by atoms with Crippen LogP contribution in [0.1, 0.15) is 77.7 Å². The summed E-state index contributed by atoms with van der Waals surface area (Å²) < 4.78 is 0. The van der Waals surface area contributed by atoms with Crippen molar-refractivity contribution in [3.05, 3.63) is 49.1 Å². The lowest BCUT2D eigenvalue weighted by Crippen LogP contribution is -2.55. The molecule has 0 radical (unpaired) electrons. The number of hydrogen-bond donors (Lipinski definition) is 5. The molecule has 1 aliphatic carbocycles. The largest absolute Gasteiger partial charge is 0.504 e. The standard InChI is InChI=1S/C27H43N3O4.C2H6/c1-4-7-17-28-18-13-22-20-23(30(29-16-6-3)26(33)8-5-2)12-15-27(22,34)14-11-21-9-10-24(31)25(32)19-21;1-2/h5-6,9-10,19,22-23,28-29,31-32,34H,2-4,7-8,11-18,20H2,1H3;1-2H3. The number of nitrogens with one attached hydrogen (secondary N) is 2. The zero-order valence-electron chi connectivity index (χ0n) is 22.6. The van der Waals surface area contributed by atoms with Gasteiger partial charge in [-0.25, -0.2) is 5.43 Å². The fourth-order valence-electron chi connectivity index (χ4n) is 4.83. The van der Waals surface area contributed by atoms with Gasteiger partial charge in [0.25, 0.3) is 0 Å². The predicted octanol–water partition coefficient (Wildman–Crippen LogP) is 4.83. The number of hydrazine groups is 1. The zero-order chi connectivity index (χ0) is 27.0. The van der Waals surface area contributed by atoms with Crippen LogP contribution in [0.25, 0.3) is 0 Å². The highest BCUT2D eigenvalue weighted by molar-refractivity contribution is 5.77. The van der Waals surface area contributed by atoms with Crippen LogP contribution in [0.4, 0.5) is 0 Å². The first-order valence-electron chi connectivity index (χ1n) is 13.6. The van der Waals surface area contributed by atoms with Crippen LogP contribution < -0.4 is 10.7 Å². The van der Waals surface area contributed by atoms with Gasteiger partial charge in [0.1, 0.15) is 0 Å². The molecule has 1 aliphatic rings. The molecule has 0 aliphatic heterocycles. The first-order chi connectivity index (χ1) is 17.3. The maximum absolute atomic E-state index is 12.8. The number of aliphatic hydroxyl groups is 1. The molecule has 1 amide bonds. The van der Waals surface area contributed by atoms with E-state index in [4.69, 9.17) is 0 Å². The van der Waals surface area contributed by atoms with E-state index in [9.17, 15) is 20.1 Å². The number of rotatable bonds is 15. The Balaban J connectivity index is 0.00000316. The van der Waals surface area contributed by atoms with Crippen molar-refractivity contribution in [2.75, 3.05) is 19.6 Å². The van der Waals surface area contributed by atoms with Gasteiger partial charge in [0, 0.05) is 19.0 Å².